The second kappa shape index (κ2) is 3.70. The maximum absolute atomic E-state index is 11.2. The highest BCUT2D eigenvalue weighted by atomic mass is 16.2. The van der Waals surface area contributed by atoms with Crippen molar-refractivity contribution in [3.8, 4) is 0 Å². The Hall–Kier alpha value is -0.860. The van der Waals surface area contributed by atoms with E-state index >= 15 is 0 Å². The van der Waals surface area contributed by atoms with Crippen LogP contribution in [0.25, 0.3) is 0 Å². The van der Waals surface area contributed by atoms with Crippen molar-refractivity contribution >= 4 is 11.7 Å². The van der Waals surface area contributed by atoms with Crippen LogP contribution in [-0.4, -0.2) is 30.2 Å². The van der Waals surface area contributed by atoms with Crippen molar-refractivity contribution in [3.63, 3.8) is 0 Å². The number of carbonyl (C=O) groups excluding carboxylic acids is 2. The summed E-state index contributed by atoms with van der Waals surface area (Å²) in [6, 6.07) is 0. The van der Waals surface area contributed by atoms with Crippen LogP contribution >= 0.6 is 0 Å². The number of hydrogen-bond donors (Lipinski definition) is 0. The molecule has 3 heteroatoms. The van der Waals surface area contributed by atoms with Crippen molar-refractivity contribution in [3.05, 3.63) is 0 Å². The molecule has 1 unspecified atom stereocenters. The summed E-state index contributed by atoms with van der Waals surface area (Å²) in [6.07, 6.45) is 1.62. The van der Waals surface area contributed by atoms with Gasteiger partial charge in [0.25, 0.3) is 0 Å². The molecule has 0 aromatic rings. The molecule has 1 amide bonds. The zero-order chi connectivity index (χ0) is 9.14. The molecule has 0 aliphatic carbocycles. The Morgan fingerprint density at radius 2 is 2.00 bits per heavy atom. The number of Topliss-reactive ketones (excluding diaryl/α,β-unsaturated/α-hetero) is 1. The topological polar surface area (TPSA) is 37.4 Å². The molecule has 0 spiro atoms. The van der Waals surface area contributed by atoms with Gasteiger partial charge in [-0.25, -0.2) is 0 Å². The average molecular weight is 169 g/mol. The van der Waals surface area contributed by atoms with Gasteiger partial charge in [0.2, 0.25) is 5.91 Å². The van der Waals surface area contributed by atoms with E-state index in [0.717, 1.165) is 6.42 Å². The molecule has 1 fully saturated rings. The Balaban J connectivity index is 2.57. The molecule has 68 valence electrons. The summed E-state index contributed by atoms with van der Waals surface area (Å²) in [6.45, 7) is 2.65. The van der Waals surface area contributed by atoms with Gasteiger partial charge in [0.05, 0.1) is 0 Å². The molecule has 1 rings (SSSR count). The number of nitrogens with zero attached hydrogens (tertiary/aromatic N) is 1. The zero-order valence-corrected chi connectivity index (χ0v) is 7.67. The SMILES string of the molecule is CC1CCN(C)C(=O)CCC1=O. The first kappa shape index (κ1) is 9.23. The minimum atomic E-state index is 0.0928. The van der Waals surface area contributed by atoms with Crippen LogP contribution in [0.2, 0.25) is 0 Å². The van der Waals surface area contributed by atoms with E-state index in [1.807, 2.05) is 6.92 Å². The largest absolute Gasteiger partial charge is 0.346 e. The van der Waals surface area contributed by atoms with Crippen LogP contribution in [-0.2, 0) is 9.59 Å². The Labute approximate surface area is 72.7 Å². The Bertz CT molecular complexity index is 179. The third-order valence-electron chi connectivity index (χ3n) is 2.46. The first-order chi connectivity index (χ1) is 5.61. The zero-order valence-electron chi connectivity index (χ0n) is 7.67. The highest BCUT2D eigenvalue weighted by molar-refractivity contribution is 5.86. The monoisotopic (exact) mass is 169 g/mol. The molecule has 0 aromatic carbocycles. The number of ketones is 1. The van der Waals surface area contributed by atoms with Gasteiger partial charge in [-0.15, -0.1) is 0 Å². The number of amides is 1. The summed E-state index contributed by atoms with van der Waals surface area (Å²) < 4.78 is 0. The Kier molecular flexibility index (Phi) is 2.84. The molecular weight excluding hydrogens is 154 g/mol. The van der Waals surface area contributed by atoms with E-state index < -0.39 is 0 Å². The first-order valence-electron chi connectivity index (χ1n) is 4.38. The fourth-order valence-corrected chi connectivity index (χ4v) is 1.34. The molecule has 1 aliphatic rings. The van der Waals surface area contributed by atoms with Gasteiger partial charge >= 0.3 is 0 Å². The third kappa shape index (κ3) is 2.06. The van der Waals surface area contributed by atoms with E-state index in [1.54, 1.807) is 11.9 Å². The van der Waals surface area contributed by atoms with Gasteiger partial charge < -0.3 is 4.90 Å². The third-order valence-corrected chi connectivity index (χ3v) is 2.46. The molecule has 1 atom stereocenters. The molecule has 3 nitrogen and oxygen atoms in total. The molecule has 1 saturated heterocycles. The summed E-state index contributed by atoms with van der Waals surface area (Å²) in [5.74, 6) is 0.451. The predicted molar refractivity (Wildman–Crippen MR) is 45.7 cm³/mol. The lowest BCUT2D eigenvalue weighted by Gasteiger charge is -2.22. The molecule has 12 heavy (non-hydrogen) atoms. The standard InChI is InChI=1S/C9H15NO2/c1-7-5-6-10(2)9(12)4-3-8(7)11/h7H,3-6H2,1-2H3. The lowest BCUT2D eigenvalue weighted by atomic mass is 9.96. The van der Waals surface area contributed by atoms with Crippen LogP contribution < -0.4 is 0 Å². The van der Waals surface area contributed by atoms with E-state index in [9.17, 15) is 9.59 Å². The molecule has 0 saturated carbocycles. The average Bonchev–Trinajstić information content (AvgIpc) is 2.07. The van der Waals surface area contributed by atoms with Crippen molar-refractivity contribution in [2.75, 3.05) is 13.6 Å². The molecule has 0 radical (unpaired) electrons. The lowest BCUT2D eigenvalue weighted by Crippen LogP contribution is -2.32. The minimum absolute atomic E-state index is 0.0928. The molecule has 1 aliphatic heterocycles. The van der Waals surface area contributed by atoms with Crippen molar-refractivity contribution in [1.29, 1.82) is 0 Å². The van der Waals surface area contributed by atoms with Gasteiger partial charge in [-0.05, 0) is 6.42 Å². The van der Waals surface area contributed by atoms with Crippen LogP contribution in [0, 0.1) is 5.92 Å². The van der Waals surface area contributed by atoms with E-state index in [-0.39, 0.29) is 17.6 Å². The van der Waals surface area contributed by atoms with Crippen LogP contribution in [0.3, 0.4) is 0 Å². The van der Waals surface area contributed by atoms with Gasteiger partial charge in [-0.3, -0.25) is 9.59 Å². The lowest BCUT2D eigenvalue weighted by molar-refractivity contribution is -0.134. The summed E-state index contributed by atoms with van der Waals surface area (Å²) in [5.41, 5.74) is 0. The number of likely N-dealkylation sites (tertiary alicyclic amines) is 1. The smallest absolute Gasteiger partial charge is 0.222 e. The minimum Gasteiger partial charge on any atom is -0.346 e. The molecule has 0 bridgehead atoms. The summed E-state index contributed by atoms with van der Waals surface area (Å²) in [7, 11) is 1.80. The van der Waals surface area contributed by atoms with E-state index in [1.165, 1.54) is 0 Å². The number of rotatable bonds is 0. The van der Waals surface area contributed by atoms with Gasteiger partial charge in [0.1, 0.15) is 5.78 Å². The fraction of sp³-hybridized carbons (Fsp3) is 0.778. The maximum atomic E-state index is 11.2. The normalized spacial score (nSPS) is 26.8. The van der Waals surface area contributed by atoms with Gasteiger partial charge in [-0.2, -0.15) is 0 Å². The van der Waals surface area contributed by atoms with Crippen molar-refractivity contribution < 1.29 is 9.59 Å². The molecule has 0 N–H and O–H groups in total. The van der Waals surface area contributed by atoms with Crippen molar-refractivity contribution in [2.24, 2.45) is 5.92 Å². The molecular formula is C9H15NO2. The van der Waals surface area contributed by atoms with Crippen LogP contribution in [0.15, 0.2) is 0 Å². The number of hydrogen-bond acceptors (Lipinski definition) is 2. The van der Waals surface area contributed by atoms with Crippen molar-refractivity contribution in [1.82, 2.24) is 4.90 Å². The second-order valence-corrected chi connectivity index (χ2v) is 3.47. The van der Waals surface area contributed by atoms with E-state index in [0.29, 0.717) is 19.4 Å². The van der Waals surface area contributed by atoms with Crippen LogP contribution in [0.4, 0.5) is 0 Å². The second-order valence-electron chi connectivity index (χ2n) is 3.47. The number of carbonyl (C=O) groups is 2. The predicted octanol–water partition coefficient (Wildman–Crippen LogP) is 0.834. The fourth-order valence-electron chi connectivity index (χ4n) is 1.34. The first-order valence-corrected chi connectivity index (χ1v) is 4.38. The van der Waals surface area contributed by atoms with Gasteiger partial charge in [-0.1, -0.05) is 6.92 Å². The van der Waals surface area contributed by atoms with Crippen LogP contribution in [0.1, 0.15) is 26.2 Å². The van der Waals surface area contributed by atoms with Crippen molar-refractivity contribution in [2.45, 2.75) is 26.2 Å². The Morgan fingerprint density at radius 3 is 2.67 bits per heavy atom. The van der Waals surface area contributed by atoms with Gasteiger partial charge in [0.15, 0.2) is 0 Å². The quantitative estimate of drug-likeness (QED) is 0.538. The van der Waals surface area contributed by atoms with Crippen LogP contribution in [0.5, 0.6) is 0 Å². The summed E-state index contributed by atoms with van der Waals surface area (Å²) >= 11 is 0. The van der Waals surface area contributed by atoms with E-state index in [2.05, 4.69) is 0 Å². The highest BCUT2D eigenvalue weighted by Crippen LogP contribution is 2.13. The molecule has 1 heterocycles. The van der Waals surface area contributed by atoms with E-state index in [4.69, 9.17) is 0 Å². The Morgan fingerprint density at radius 1 is 1.33 bits per heavy atom. The summed E-state index contributed by atoms with van der Waals surface area (Å²) in [5, 5.41) is 0. The highest BCUT2D eigenvalue weighted by Gasteiger charge is 2.20. The van der Waals surface area contributed by atoms with Gasteiger partial charge in [0, 0.05) is 32.4 Å². The molecule has 0 aromatic heterocycles. The summed E-state index contributed by atoms with van der Waals surface area (Å²) in [4.78, 5) is 24.2. The maximum Gasteiger partial charge on any atom is 0.222 e.